The number of hydrogen-bond donors (Lipinski definition) is 0. The van der Waals surface area contributed by atoms with Crippen LogP contribution in [0.1, 0.15) is 5.56 Å². The van der Waals surface area contributed by atoms with Crippen LogP contribution in [-0.4, -0.2) is 41.6 Å². The first-order chi connectivity index (χ1) is 12.8. The van der Waals surface area contributed by atoms with Crippen LogP contribution in [0.5, 0.6) is 0 Å². The molecule has 1 saturated heterocycles. The van der Waals surface area contributed by atoms with Crippen LogP contribution in [0.15, 0.2) is 60.8 Å². The van der Waals surface area contributed by atoms with Crippen molar-refractivity contribution in [2.24, 2.45) is 0 Å². The van der Waals surface area contributed by atoms with Gasteiger partial charge in [-0.05, 0) is 18.2 Å². The van der Waals surface area contributed by atoms with Crippen molar-refractivity contribution in [1.29, 1.82) is 5.26 Å². The molecule has 26 heavy (non-hydrogen) atoms. The summed E-state index contributed by atoms with van der Waals surface area (Å²) < 4.78 is 1.89. The third kappa shape index (κ3) is 3.02. The molecular weight excluding hydrogens is 324 g/mol. The Bertz CT molecular complexity index is 963. The van der Waals surface area contributed by atoms with Crippen molar-refractivity contribution in [3.05, 3.63) is 66.4 Å². The summed E-state index contributed by atoms with van der Waals surface area (Å²) in [5.74, 6) is 0.1000. The highest BCUT2D eigenvalue weighted by Gasteiger charge is 2.22. The van der Waals surface area contributed by atoms with Crippen LogP contribution in [0, 0.1) is 11.3 Å². The van der Waals surface area contributed by atoms with Crippen molar-refractivity contribution >= 4 is 22.5 Å². The number of para-hydroxylation sites is 2. The lowest BCUT2D eigenvalue weighted by molar-refractivity contribution is -0.132. The molecule has 1 aliphatic rings. The highest BCUT2D eigenvalue weighted by molar-refractivity contribution is 5.88. The summed E-state index contributed by atoms with van der Waals surface area (Å²) in [4.78, 5) is 17.0. The van der Waals surface area contributed by atoms with Gasteiger partial charge in [-0.1, -0.05) is 36.4 Å². The van der Waals surface area contributed by atoms with Crippen molar-refractivity contribution < 1.29 is 4.79 Å². The zero-order chi connectivity index (χ0) is 17.9. The number of aromatic nitrogens is 1. The van der Waals surface area contributed by atoms with Crippen molar-refractivity contribution in [3.63, 3.8) is 0 Å². The molecule has 130 valence electrons. The van der Waals surface area contributed by atoms with Gasteiger partial charge in [0.2, 0.25) is 5.91 Å². The van der Waals surface area contributed by atoms with Crippen LogP contribution in [-0.2, 0) is 11.3 Å². The van der Waals surface area contributed by atoms with Gasteiger partial charge in [0.1, 0.15) is 12.6 Å². The molecule has 0 unspecified atom stereocenters. The van der Waals surface area contributed by atoms with Crippen LogP contribution in [0.25, 0.3) is 10.9 Å². The lowest BCUT2D eigenvalue weighted by Gasteiger charge is -2.36. The minimum atomic E-state index is 0.1000. The predicted molar refractivity (Wildman–Crippen MR) is 102 cm³/mol. The van der Waals surface area contributed by atoms with Crippen LogP contribution in [0.4, 0.5) is 5.69 Å². The molecule has 0 bridgehead atoms. The Morgan fingerprint density at radius 1 is 0.962 bits per heavy atom. The zero-order valence-corrected chi connectivity index (χ0v) is 14.5. The number of benzene rings is 2. The van der Waals surface area contributed by atoms with Gasteiger partial charge in [-0.25, -0.2) is 0 Å². The number of nitrogens with zero attached hydrogens (tertiary/aromatic N) is 4. The SMILES string of the molecule is N#Cc1cn(CC(=O)N2CCN(c3ccccc3)CC2)c2ccccc12. The zero-order valence-electron chi connectivity index (χ0n) is 14.5. The van der Waals surface area contributed by atoms with E-state index >= 15 is 0 Å². The van der Waals surface area contributed by atoms with E-state index < -0.39 is 0 Å². The molecule has 5 heteroatoms. The lowest BCUT2D eigenvalue weighted by atomic mass is 10.2. The second-order valence-electron chi connectivity index (χ2n) is 6.50. The number of rotatable bonds is 3. The van der Waals surface area contributed by atoms with Crippen LogP contribution in [0.2, 0.25) is 0 Å². The van der Waals surface area contributed by atoms with E-state index in [9.17, 15) is 10.1 Å². The number of carbonyl (C=O) groups excluding carboxylic acids is 1. The van der Waals surface area contributed by atoms with Crippen molar-refractivity contribution in [2.45, 2.75) is 6.54 Å². The van der Waals surface area contributed by atoms with Gasteiger partial charge in [-0.15, -0.1) is 0 Å². The number of nitriles is 1. The van der Waals surface area contributed by atoms with Crippen LogP contribution in [0.3, 0.4) is 0 Å². The van der Waals surface area contributed by atoms with E-state index in [-0.39, 0.29) is 12.5 Å². The Kier molecular flexibility index (Phi) is 4.32. The number of hydrogen-bond acceptors (Lipinski definition) is 3. The monoisotopic (exact) mass is 344 g/mol. The molecule has 0 spiro atoms. The smallest absolute Gasteiger partial charge is 0.242 e. The first kappa shape index (κ1) is 16.2. The lowest BCUT2D eigenvalue weighted by Crippen LogP contribution is -2.49. The molecule has 0 radical (unpaired) electrons. The Balaban J connectivity index is 1.45. The van der Waals surface area contributed by atoms with E-state index in [0.29, 0.717) is 5.56 Å². The molecule has 0 aliphatic carbocycles. The molecule has 3 aromatic rings. The van der Waals surface area contributed by atoms with Gasteiger partial charge < -0.3 is 14.4 Å². The number of carbonyl (C=O) groups is 1. The third-order valence-corrected chi connectivity index (χ3v) is 4.97. The second kappa shape index (κ2) is 6.93. The van der Waals surface area contributed by atoms with E-state index in [1.54, 1.807) is 6.20 Å². The maximum absolute atomic E-state index is 12.8. The van der Waals surface area contributed by atoms with Gasteiger partial charge in [0.15, 0.2) is 0 Å². The molecule has 0 atom stereocenters. The minimum Gasteiger partial charge on any atom is -0.368 e. The van der Waals surface area contributed by atoms with E-state index in [1.165, 1.54) is 5.69 Å². The normalized spacial score (nSPS) is 14.4. The van der Waals surface area contributed by atoms with Gasteiger partial charge in [0.25, 0.3) is 0 Å². The average Bonchev–Trinajstić information content (AvgIpc) is 3.06. The minimum absolute atomic E-state index is 0.1000. The molecular formula is C21H20N4O. The highest BCUT2D eigenvalue weighted by atomic mass is 16.2. The first-order valence-electron chi connectivity index (χ1n) is 8.82. The van der Waals surface area contributed by atoms with E-state index in [1.807, 2.05) is 51.9 Å². The summed E-state index contributed by atoms with van der Waals surface area (Å²) in [5, 5.41) is 10.2. The molecule has 2 aromatic carbocycles. The number of amides is 1. The van der Waals surface area contributed by atoms with E-state index in [0.717, 1.165) is 37.1 Å². The Morgan fingerprint density at radius 3 is 2.38 bits per heavy atom. The summed E-state index contributed by atoms with van der Waals surface area (Å²) in [5.41, 5.74) is 2.75. The highest BCUT2D eigenvalue weighted by Crippen LogP contribution is 2.21. The molecule has 1 amide bonds. The summed E-state index contributed by atoms with van der Waals surface area (Å²) >= 11 is 0. The molecule has 2 heterocycles. The van der Waals surface area contributed by atoms with Gasteiger partial charge in [-0.3, -0.25) is 4.79 Å². The molecule has 0 N–H and O–H groups in total. The van der Waals surface area contributed by atoms with Gasteiger partial charge in [-0.2, -0.15) is 5.26 Å². The fourth-order valence-corrected chi connectivity index (χ4v) is 3.57. The van der Waals surface area contributed by atoms with Crippen molar-refractivity contribution in [3.8, 4) is 6.07 Å². The predicted octanol–water partition coefficient (Wildman–Crippen LogP) is 2.86. The fraction of sp³-hybridized carbons (Fsp3) is 0.238. The van der Waals surface area contributed by atoms with Crippen LogP contribution >= 0.6 is 0 Å². The van der Waals surface area contributed by atoms with Gasteiger partial charge in [0.05, 0.1) is 5.56 Å². The van der Waals surface area contributed by atoms with Gasteiger partial charge in [0, 0.05) is 49.0 Å². The molecule has 1 aliphatic heterocycles. The molecule has 1 aromatic heterocycles. The Hall–Kier alpha value is -3.26. The Labute approximate surface area is 152 Å². The van der Waals surface area contributed by atoms with Gasteiger partial charge >= 0.3 is 0 Å². The average molecular weight is 344 g/mol. The summed E-state index contributed by atoms with van der Waals surface area (Å²) in [6.45, 7) is 3.39. The third-order valence-electron chi connectivity index (χ3n) is 4.97. The first-order valence-corrected chi connectivity index (χ1v) is 8.82. The topological polar surface area (TPSA) is 52.3 Å². The maximum atomic E-state index is 12.8. The fourth-order valence-electron chi connectivity index (χ4n) is 3.57. The Morgan fingerprint density at radius 2 is 1.65 bits per heavy atom. The summed E-state index contributed by atoms with van der Waals surface area (Å²) in [6.07, 6.45) is 1.78. The number of fused-ring (bicyclic) bond motifs is 1. The van der Waals surface area contributed by atoms with Crippen molar-refractivity contribution in [1.82, 2.24) is 9.47 Å². The maximum Gasteiger partial charge on any atom is 0.242 e. The molecule has 0 saturated carbocycles. The number of piperazine rings is 1. The summed E-state index contributed by atoms with van der Waals surface area (Å²) in [7, 11) is 0. The van der Waals surface area contributed by atoms with E-state index in [2.05, 4.69) is 23.1 Å². The molecule has 4 rings (SSSR count). The molecule has 1 fully saturated rings. The van der Waals surface area contributed by atoms with Crippen molar-refractivity contribution in [2.75, 3.05) is 31.1 Å². The second-order valence-corrected chi connectivity index (χ2v) is 6.50. The molecule has 5 nitrogen and oxygen atoms in total. The quantitative estimate of drug-likeness (QED) is 0.734. The van der Waals surface area contributed by atoms with Crippen LogP contribution < -0.4 is 4.90 Å². The van der Waals surface area contributed by atoms with E-state index in [4.69, 9.17) is 0 Å². The standard InChI is InChI=1S/C21H20N4O/c22-14-17-15-25(20-9-5-4-8-19(17)20)16-21(26)24-12-10-23(11-13-24)18-6-2-1-3-7-18/h1-9,15H,10-13,16H2. The number of anilines is 1. The summed E-state index contributed by atoms with van der Waals surface area (Å²) in [6, 6.07) is 20.2. The largest absolute Gasteiger partial charge is 0.368 e.